The van der Waals surface area contributed by atoms with Gasteiger partial charge in [0.2, 0.25) is 5.91 Å². The molecule has 0 spiro atoms. The highest BCUT2D eigenvalue weighted by Gasteiger charge is 2.30. The zero-order chi connectivity index (χ0) is 26.4. The Morgan fingerprint density at radius 3 is 2.40 bits per heavy atom. The van der Waals surface area contributed by atoms with Crippen LogP contribution in [0.15, 0.2) is 29.3 Å². The van der Waals surface area contributed by atoms with Gasteiger partial charge in [0, 0.05) is 24.4 Å². The number of carbonyl (C=O) groups is 2. The largest absolute Gasteiger partial charge is 0.475 e. The van der Waals surface area contributed by atoms with Crippen molar-refractivity contribution in [3.63, 3.8) is 0 Å². The SMILES string of the molecule is CCCCc1ccc(C(=O)C[C@@H](CCCN=C(N)N[N+](=O)[O-])C(=O)N[C@@H](CC(C)C)B(O)O)cc1. The van der Waals surface area contributed by atoms with Gasteiger partial charge in [0.05, 0.1) is 5.94 Å². The first-order valence-electron chi connectivity index (χ1n) is 12.0. The number of aryl methyl sites for hydroxylation is 1. The smallest absolute Gasteiger partial charge is 0.426 e. The molecule has 0 radical (unpaired) electrons. The van der Waals surface area contributed by atoms with Crippen LogP contribution in [0.2, 0.25) is 0 Å². The van der Waals surface area contributed by atoms with E-state index in [4.69, 9.17) is 5.73 Å². The minimum Gasteiger partial charge on any atom is -0.426 e. The van der Waals surface area contributed by atoms with Crippen LogP contribution in [0, 0.1) is 22.0 Å². The lowest BCUT2D eigenvalue weighted by molar-refractivity contribution is -0.525. The zero-order valence-corrected chi connectivity index (χ0v) is 20.8. The average Bonchev–Trinajstić information content (AvgIpc) is 2.78. The molecule has 1 aromatic carbocycles. The molecule has 0 aliphatic carbocycles. The molecule has 0 aromatic heterocycles. The van der Waals surface area contributed by atoms with Gasteiger partial charge >= 0.3 is 7.12 Å². The molecule has 0 unspecified atom stereocenters. The number of nitrogens with zero attached hydrogens (tertiary/aromatic N) is 2. The summed E-state index contributed by atoms with van der Waals surface area (Å²) < 4.78 is 0. The Morgan fingerprint density at radius 2 is 1.86 bits per heavy atom. The van der Waals surface area contributed by atoms with Crippen LogP contribution in [0.4, 0.5) is 0 Å². The summed E-state index contributed by atoms with van der Waals surface area (Å²) in [6.45, 7) is 6.03. The van der Waals surface area contributed by atoms with Crippen LogP contribution in [-0.4, -0.2) is 52.3 Å². The third-order valence-electron chi connectivity index (χ3n) is 5.51. The summed E-state index contributed by atoms with van der Waals surface area (Å²) in [6.07, 6.45) is 3.98. The Morgan fingerprint density at radius 1 is 1.20 bits per heavy atom. The number of amides is 1. The minimum absolute atomic E-state index is 0.0671. The number of nitrogens with two attached hydrogens (primary N) is 1. The molecule has 0 saturated heterocycles. The average molecular weight is 491 g/mol. The number of carbonyl (C=O) groups excluding carboxylic acids is 2. The van der Waals surface area contributed by atoms with E-state index in [0.717, 1.165) is 24.8 Å². The van der Waals surface area contributed by atoms with Crippen LogP contribution < -0.4 is 16.5 Å². The lowest BCUT2D eigenvalue weighted by Crippen LogP contribution is -2.49. The number of benzene rings is 1. The number of hydrazine groups is 1. The third-order valence-corrected chi connectivity index (χ3v) is 5.51. The van der Waals surface area contributed by atoms with E-state index >= 15 is 0 Å². The molecule has 1 rings (SSSR count). The van der Waals surface area contributed by atoms with Gasteiger partial charge in [-0.2, -0.15) is 0 Å². The molecule has 0 fully saturated rings. The first-order chi connectivity index (χ1) is 16.5. The third kappa shape index (κ3) is 12.3. The van der Waals surface area contributed by atoms with E-state index in [0.29, 0.717) is 18.4 Å². The van der Waals surface area contributed by atoms with Crippen molar-refractivity contribution < 1.29 is 24.7 Å². The Kier molecular flexibility index (Phi) is 13.6. The maximum atomic E-state index is 13.0. The van der Waals surface area contributed by atoms with Gasteiger partial charge in [0.25, 0.3) is 5.96 Å². The van der Waals surface area contributed by atoms with Gasteiger partial charge in [0.1, 0.15) is 0 Å². The first kappa shape index (κ1) is 30.0. The van der Waals surface area contributed by atoms with Crippen molar-refractivity contribution in [2.45, 2.75) is 71.7 Å². The first-order valence-corrected chi connectivity index (χ1v) is 12.0. The summed E-state index contributed by atoms with van der Waals surface area (Å²) >= 11 is 0. The molecule has 6 N–H and O–H groups in total. The summed E-state index contributed by atoms with van der Waals surface area (Å²) in [6, 6.07) is 7.35. The van der Waals surface area contributed by atoms with Gasteiger partial charge in [-0.05, 0) is 43.6 Å². The van der Waals surface area contributed by atoms with Gasteiger partial charge in [0.15, 0.2) is 10.8 Å². The quantitative estimate of drug-likeness (QED) is 0.0440. The van der Waals surface area contributed by atoms with Crippen molar-refractivity contribution in [2.24, 2.45) is 22.6 Å². The highest BCUT2D eigenvalue weighted by molar-refractivity contribution is 6.43. The van der Waals surface area contributed by atoms with E-state index in [2.05, 4.69) is 17.2 Å². The lowest BCUT2D eigenvalue weighted by atomic mass is 9.74. The van der Waals surface area contributed by atoms with Crippen molar-refractivity contribution in [2.75, 3.05) is 6.54 Å². The zero-order valence-electron chi connectivity index (χ0n) is 20.8. The topological polar surface area (TPSA) is 180 Å². The second-order valence-corrected chi connectivity index (χ2v) is 9.06. The molecule has 0 aliphatic heterocycles. The summed E-state index contributed by atoms with van der Waals surface area (Å²) in [5.74, 6) is -2.51. The highest BCUT2D eigenvalue weighted by Crippen LogP contribution is 2.18. The molecular weight excluding hydrogens is 453 g/mol. The lowest BCUT2D eigenvalue weighted by Gasteiger charge is -2.23. The van der Waals surface area contributed by atoms with Crippen molar-refractivity contribution in [1.29, 1.82) is 0 Å². The Hall–Kier alpha value is -2.99. The molecule has 0 saturated carbocycles. The van der Waals surface area contributed by atoms with E-state index in [1.54, 1.807) is 17.6 Å². The molecule has 2 atom stereocenters. The molecule has 0 heterocycles. The van der Waals surface area contributed by atoms with E-state index in [1.165, 1.54) is 0 Å². The number of hydrogen-bond acceptors (Lipinski definition) is 7. The number of unbranched alkanes of at least 4 members (excludes halogenated alkanes) is 1. The van der Waals surface area contributed by atoms with Crippen LogP contribution in [-0.2, 0) is 11.2 Å². The van der Waals surface area contributed by atoms with Gasteiger partial charge in [-0.1, -0.05) is 56.9 Å². The monoisotopic (exact) mass is 491 g/mol. The molecule has 11 nitrogen and oxygen atoms in total. The number of nitrogens with one attached hydrogen (secondary N) is 2. The number of hydrogen-bond donors (Lipinski definition) is 5. The van der Waals surface area contributed by atoms with Gasteiger partial charge in [-0.3, -0.25) is 9.59 Å². The normalized spacial score (nSPS) is 13.3. The van der Waals surface area contributed by atoms with E-state index < -0.39 is 29.9 Å². The number of ketones is 1. The standard InChI is InChI=1S/C23H38BN5O6/c1-4-5-7-17-9-11-18(12-10-17)20(30)15-19(8-6-13-26-23(25)28-29(34)35)22(31)27-21(24(32)33)14-16(2)3/h9-12,16,19,21,32-33H,4-8,13-15H2,1-3H3,(H,27,31)(H3,25,26,28)/t19-,21+/m1/s1. The maximum absolute atomic E-state index is 13.0. The maximum Gasteiger partial charge on any atom is 0.475 e. The molecule has 1 aromatic rings. The fourth-order valence-corrected chi connectivity index (χ4v) is 3.64. The number of nitro groups is 1. The van der Waals surface area contributed by atoms with Crippen molar-refractivity contribution >= 4 is 24.8 Å². The number of guanidine groups is 1. The molecule has 0 aliphatic rings. The molecule has 35 heavy (non-hydrogen) atoms. The van der Waals surface area contributed by atoms with Crippen LogP contribution in [0.25, 0.3) is 0 Å². The molecule has 0 bridgehead atoms. The second kappa shape index (κ2) is 15.8. The van der Waals surface area contributed by atoms with Crippen molar-refractivity contribution in [3.8, 4) is 0 Å². The Bertz CT molecular complexity index is 847. The summed E-state index contributed by atoms with van der Waals surface area (Å²) in [7, 11) is -1.73. The molecular formula is C23H38BN5O6. The summed E-state index contributed by atoms with van der Waals surface area (Å²) in [5, 5.41) is 31.6. The minimum atomic E-state index is -1.73. The van der Waals surface area contributed by atoms with Crippen LogP contribution in [0.5, 0.6) is 0 Å². The Labute approximate surface area is 206 Å². The highest BCUT2D eigenvalue weighted by atomic mass is 16.7. The number of rotatable bonds is 16. The second-order valence-electron chi connectivity index (χ2n) is 9.06. The van der Waals surface area contributed by atoms with E-state index in [-0.39, 0.29) is 37.0 Å². The summed E-state index contributed by atoms with van der Waals surface area (Å²) in [4.78, 5) is 40.2. The van der Waals surface area contributed by atoms with Crippen LogP contribution in [0.1, 0.15) is 75.2 Å². The molecule has 1 amide bonds. The van der Waals surface area contributed by atoms with Gasteiger partial charge < -0.3 is 21.1 Å². The predicted molar refractivity (Wildman–Crippen MR) is 135 cm³/mol. The fraction of sp³-hybridized carbons (Fsp3) is 0.609. The molecule has 12 heteroatoms. The summed E-state index contributed by atoms with van der Waals surface area (Å²) in [5.41, 5.74) is 8.79. The van der Waals surface area contributed by atoms with E-state index in [1.807, 2.05) is 26.0 Å². The van der Waals surface area contributed by atoms with Crippen LogP contribution >= 0.6 is 0 Å². The van der Waals surface area contributed by atoms with Gasteiger partial charge in [-0.25, -0.2) is 15.1 Å². The van der Waals surface area contributed by atoms with Gasteiger partial charge in [-0.15, -0.1) is 0 Å². The Balaban J connectivity index is 2.90. The predicted octanol–water partition coefficient (Wildman–Crippen LogP) is 1.64. The van der Waals surface area contributed by atoms with Crippen molar-refractivity contribution in [1.82, 2.24) is 10.7 Å². The molecule has 194 valence electrons. The fourth-order valence-electron chi connectivity index (χ4n) is 3.64. The van der Waals surface area contributed by atoms with Crippen molar-refractivity contribution in [3.05, 3.63) is 45.5 Å². The number of Topliss-reactive ketones (excluding diaryl/α,β-unsaturated/α-hetero) is 1. The number of aliphatic imine (C=N–C) groups is 1. The van der Waals surface area contributed by atoms with Crippen LogP contribution in [0.3, 0.4) is 0 Å². The van der Waals surface area contributed by atoms with E-state index in [9.17, 15) is 29.8 Å².